The molecule has 4 rings (SSSR count). The quantitative estimate of drug-likeness (QED) is 0.715. The molecule has 1 saturated heterocycles. The van der Waals surface area contributed by atoms with Gasteiger partial charge < -0.3 is 10.2 Å². The van der Waals surface area contributed by atoms with Crippen molar-refractivity contribution in [3.63, 3.8) is 0 Å². The van der Waals surface area contributed by atoms with Crippen LogP contribution in [0.2, 0.25) is 0 Å². The molecule has 1 aliphatic heterocycles. The summed E-state index contributed by atoms with van der Waals surface area (Å²) in [5.74, 6) is -0.00324. The van der Waals surface area contributed by atoms with Crippen molar-refractivity contribution in [2.75, 3.05) is 39.3 Å². The van der Waals surface area contributed by atoms with Gasteiger partial charge in [-0.2, -0.15) is 0 Å². The maximum Gasteiger partial charge on any atom is 0.280 e. The summed E-state index contributed by atoms with van der Waals surface area (Å²) in [4.78, 5) is 34.0. The van der Waals surface area contributed by atoms with Crippen molar-refractivity contribution < 1.29 is 9.59 Å². The molecule has 0 aliphatic carbocycles. The lowest BCUT2D eigenvalue weighted by molar-refractivity contribution is 0.0643. The van der Waals surface area contributed by atoms with Crippen LogP contribution in [0.15, 0.2) is 41.8 Å². The summed E-state index contributed by atoms with van der Waals surface area (Å²) < 4.78 is 1.02. The van der Waals surface area contributed by atoms with Crippen LogP contribution in [0.25, 0.3) is 10.2 Å². The minimum absolute atomic E-state index is 0.119. The molecule has 0 radical (unpaired) electrons. The molecule has 1 N–H and O–H groups in total. The highest BCUT2D eigenvalue weighted by atomic mass is 32.1. The summed E-state index contributed by atoms with van der Waals surface area (Å²) in [7, 11) is 0. The van der Waals surface area contributed by atoms with Gasteiger partial charge in [-0.3, -0.25) is 14.5 Å². The van der Waals surface area contributed by atoms with Gasteiger partial charge >= 0.3 is 0 Å². The largest absolute Gasteiger partial charge is 0.349 e. The maximum atomic E-state index is 12.4. The minimum atomic E-state index is -0.122. The van der Waals surface area contributed by atoms with E-state index in [1.807, 2.05) is 46.7 Å². The van der Waals surface area contributed by atoms with E-state index in [0.717, 1.165) is 47.8 Å². The van der Waals surface area contributed by atoms with E-state index in [0.29, 0.717) is 11.6 Å². The third-order valence-electron chi connectivity index (χ3n) is 4.59. The first-order chi connectivity index (χ1) is 13.2. The van der Waals surface area contributed by atoms with Crippen LogP contribution in [-0.2, 0) is 0 Å². The number of carbonyl (C=O) groups excluding carboxylic acids is 2. The average Bonchev–Trinajstić information content (AvgIpc) is 3.37. The molecule has 140 valence electrons. The molecule has 0 bridgehead atoms. The highest BCUT2D eigenvalue weighted by Gasteiger charge is 2.22. The summed E-state index contributed by atoms with van der Waals surface area (Å²) in [5.41, 5.74) is 0.860. The number of carbonyl (C=O) groups is 2. The summed E-state index contributed by atoms with van der Waals surface area (Å²) in [6.07, 6.45) is 0. The number of fused-ring (bicyclic) bond motifs is 1. The number of rotatable bonds is 5. The van der Waals surface area contributed by atoms with Crippen molar-refractivity contribution in [1.29, 1.82) is 0 Å². The lowest BCUT2D eigenvalue weighted by Gasteiger charge is -2.34. The molecule has 6 nitrogen and oxygen atoms in total. The normalized spacial score (nSPS) is 15.2. The van der Waals surface area contributed by atoms with Crippen molar-refractivity contribution in [3.8, 4) is 0 Å². The Balaban J connectivity index is 1.22. The molecule has 0 spiro atoms. The number of hydrogen-bond donors (Lipinski definition) is 1. The highest BCUT2D eigenvalue weighted by molar-refractivity contribution is 7.20. The zero-order valence-corrected chi connectivity index (χ0v) is 16.4. The number of thiazole rings is 1. The lowest BCUT2D eigenvalue weighted by atomic mass is 10.3. The zero-order chi connectivity index (χ0) is 18.6. The third-order valence-corrected chi connectivity index (χ3v) is 6.49. The van der Waals surface area contributed by atoms with Crippen molar-refractivity contribution in [1.82, 2.24) is 20.1 Å². The first-order valence-corrected chi connectivity index (χ1v) is 10.6. The Morgan fingerprint density at radius 3 is 2.63 bits per heavy atom. The van der Waals surface area contributed by atoms with Gasteiger partial charge in [0.1, 0.15) is 0 Å². The van der Waals surface area contributed by atoms with Crippen molar-refractivity contribution in [2.24, 2.45) is 0 Å². The maximum absolute atomic E-state index is 12.4. The van der Waals surface area contributed by atoms with Gasteiger partial charge in [-0.15, -0.1) is 22.7 Å². The van der Waals surface area contributed by atoms with Gasteiger partial charge in [0.05, 0.1) is 15.1 Å². The number of para-hydroxylation sites is 1. The van der Waals surface area contributed by atoms with Crippen molar-refractivity contribution >= 4 is 44.7 Å². The molecule has 1 aromatic carbocycles. The van der Waals surface area contributed by atoms with E-state index >= 15 is 0 Å². The van der Waals surface area contributed by atoms with Crippen LogP contribution in [0, 0.1) is 0 Å². The number of nitrogens with one attached hydrogen (secondary N) is 1. The number of thiophene rings is 1. The molecule has 0 unspecified atom stereocenters. The molecule has 3 heterocycles. The Labute approximate surface area is 165 Å². The van der Waals surface area contributed by atoms with Gasteiger partial charge in [0.15, 0.2) is 5.01 Å². The van der Waals surface area contributed by atoms with Crippen LogP contribution >= 0.6 is 22.7 Å². The number of aromatic nitrogens is 1. The molecule has 27 heavy (non-hydrogen) atoms. The zero-order valence-electron chi connectivity index (χ0n) is 14.8. The Morgan fingerprint density at radius 1 is 1.07 bits per heavy atom. The Bertz CT molecular complexity index is 897. The molecule has 1 fully saturated rings. The summed E-state index contributed by atoms with van der Waals surface area (Å²) >= 11 is 2.90. The monoisotopic (exact) mass is 400 g/mol. The first-order valence-electron chi connectivity index (χ1n) is 8.89. The second-order valence-electron chi connectivity index (χ2n) is 6.35. The van der Waals surface area contributed by atoms with E-state index in [1.54, 1.807) is 0 Å². The fourth-order valence-electron chi connectivity index (χ4n) is 3.10. The van der Waals surface area contributed by atoms with Crippen LogP contribution in [-0.4, -0.2) is 65.9 Å². The van der Waals surface area contributed by atoms with Crippen LogP contribution in [0.5, 0.6) is 0 Å². The molecule has 0 atom stereocenters. The topological polar surface area (TPSA) is 65.5 Å². The fourth-order valence-corrected chi connectivity index (χ4v) is 4.68. The van der Waals surface area contributed by atoms with Gasteiger partial charge in [0, 0.05) is 39.3 Å². The molecular weight excluding hydrogens is 380 g/mol. The van der Waals surface area contributed by atoms with E-state index in [2.05, 4.69) is 15.2 Å². The number of benzene rings is 1. The van der Waals surface area contributed by atoms with Crippen molar-refractivity contribution in [3.05, 3.63) is 51.7 Å². The first kappa shape index (κ1) is 18.1. The minimum Gasteiger partial charge on any atom is -0.349 e. The molecule has 2 aromatic heterocycles. The number of hydrogen-bond acceptors (Lipinski definition) is 6. The Hall–Kier alpha value is -2.29. The summed E-state index contributed by atoms with van der Waals surface area (Å²) in [6, 6.07) is 11.5. The highest BCUT2D eigenvalue weighted by Crippen LogP contribution is 2.21. The van der Waals surface area contributed by atoms with Gasteiger partial charge in [0.25, 0.3) is 11.8 Å². The van der Waals surface area contributed by atoms with Crippen LogP contribution in [0.3, 0.4) is 0 Å². The smallest absolute Gasteiger partial charge is 0.280 e. The predicted octanol–water partition coefficient (Wildman–Crippen LogP) is 2.55. The second-order valence-corrected chi connectivity index (χ2v) is 8.33. The molecule has 2 amide bonds. The molecule has 0 saturated carbocycles. The number of nitrogens with zero attached hydrogens (tertiary/aromatic N) is 3. The number of amides is 2. The van der Waals surface area contributed by atoms with Gasteiger partial charge in [-0.1, -0.05) is 18.2 Å². The van der Waals surface area contributed by atoms with E-state index in [9.17, 15) is 9.59 Å². The van der Waals surface area contributed by atoms with Crippen molar-refractivity contribution in [2.45, 2.75) is 0 Å². The summed E-state index contributed by atoms with van der Waals surface area (Å²) in [5, 5.41) is 5.38. The molecule has 8 heteroatoms. The van der Waals surface area contributed by atoms with Crippen LogP contribution < -0.4 is 5.32 Å². The van der Waals surface area contributed by atoms with E-state index in [4.69, 9.17) is 0 Å². The SMILES string of the molecule is O=C(NCCN1CCN(C(=O)c2cccs2)CC1)c1nc2ccccc2s1. The van der Waals surface area contributed by atoms with E-state index in [1.165, 1.54) is 22.7 Å². The number of piperazine rings is 1. The summed E-state index contributed by atoms with van der Waals surface area (Å²) in [6.45, 7) is 4.46. The standard InChI is InChI=1S/C19H20N4O2S2/c24-17(18-21-14-4-1-2-5-15(14)27-18)20-7-8-22-9-11-23(12-10-22)19(25)16-6-3-13-26-16/h1-6,13H,7-12H2,(H,20,24). The van der Waals surface area contributed by atoms with Gasteiger partial charge in [0.2, 0.25) is 0 Å². The van der Waals surface area contributed by atoms with Gasteiger partial charge in [-0.25, -0.2) is 4.98 Å². The van der Waals surface area contributed by atoms with Crippen LogP contribution in [0.4, 0.5) is 0 Å². The van der Waals surface area contributed by atoms with E-state index < -0.39 is 0 Å². The fraction of sp³-hybridized carbons (Fsp3) is 0.316. The van der Waals surface area contributed by atoms with Crippen LogP contribution in [0.1, 0.15) is 19.5 Å². The van der Waals surface area contributed by atoms with E-state index in [-0.39, 0.29) is 11.8 Å². The third kappa shape index (κ3) is 4.18. The Morgan fingerprint density at radius 2 is 1.89 bits per heavy atom. The Kier molecular flexibility index (Phi) is 5.47. The predicted molar refractivity (Wildman–Crippen MR) is 109 cm³/mol. The molecule has 3 aromatic rings. The average molecular weight is 401 g/mol. The molecule has 1 aliphatic rings. The lowest BCUT2D eigenvalue weighted by Crippen LogP contribution is -2.50. The molecular formula is C19H20N4O2S2. The van der Waals surface area contributed by atoms with Gasteiger partial charge in [-0.05, 0) is 23.6 Å². The second kappa shape index (κ2) is 8.16.